The second-order valence-corrected chi connectivity index (χ2v) is 6.97. The predicted molar refractivity (Wildman–Crippen MR) is 75.5 cm³/mol. The molecule has 0 aromatic heterocycles. The minimum absolute atomic E-state index is 0.0526. The summed E-state index contributed by atoms with van der Waals surface area (Å²) in [6, 6.07) is 2.38. The van der Waals surface area contributed by atoms with Crippen molar-refractivity contribution in [3.05, 3.63) is 27.7 Å². The van der Waals surface area contributed by atoms with Crippen LogP contribution in [0.2, 0.25) is 10.0 Å². The molecule has 1 fully saturated rings. The molecule has 1 aromatic rings. The van der Waals surface area contributed by atoms with Gasteiger partial charge in [0, 0.05) is 5.02 Å². The fourth-order valence-electron chi connectivity index (χ4n) is 2.14. The van der Waals surface area contributed by atoms with Gasteiger partial charge in [0.25, 0.3) is 0 Å². The van der Waals surface area contributed by atoms with Gasteiger partial charge in [-0.15, -0.1) is 0 Å². The number of esters is 1. The number of hydrogen-bond donors (Lipinski definition) is 1. The fraction of sp³-hybridized carbons (Fsp3) is 0.417. The summed E-state index contributed by atoms with van der Waals surface area (Å²) in [5.74, 6) is -0.686. The van der Waals surface area contributed by atoms with Gasteiger partial charge in [0.1, 0.15) is 11.0 Å². The lowest BCUT2D eigenvalue weighted by atomic mass is 10.2. The van der Waals surface area contributed by atoms with Gasteiger partial charge in [0.2, 0.25) is 10.0 Å². The number of hydrogen-bond acceptors (Lipinski definition) is 4. The number of carbonyl (C=O) groups is 1. The zero-order chi connectivity index (χ0) is 14.9. The van der Waals surface area contributed by atoms with Crippen molar-refractivity contribution < 1.29 is 17.9 Å². The van der Waals surface area contributed by atoms with Gasteiger partial charge in [-0.1, -0.05) is 23.2 Å². The molecular weight excluding hydrogens is 325 g/mol. The minimum atomic E-state index is -4.06. The lowest BCUT2D eigenvalue weighted by Gasteiger charge is -2.13. The monoisotopic (exact) mass is 337 g/mol. The average Bonchev–Trinajstić information content (AvgIpc) is 2.83. The summed E-state index contributed by atoms with van der Waals surface area (Å²) in [4.78, 5) is 11.7. The first-order valence-electron chi connectivity index (χ1n) is 6.02. The average molecular weight is 338 g/mol. The Labute approximate surface area is 127 Å². The van der Waals surface area contributed by atoms with Crippen molar-refractivity contribution in [2.75, 3.05) is 0 Å². The second kappa shape index (κ2) is 5.89. The molecule has 0 aliphatic heterocycles. The molecule has 0 atom stereocenters. The number of halogens is 2. The van der Waals surface area contributed by atoms with E-state index in [1.807, 2.05) is 0 Å². The van der Waals surface area contributed by atoms with E-state index in [0.717, 1.165) is 31.7 Å². The zero-order valence-electron chi connectivity index (χ0n) is 10.4. The van der Waals surface area contributed by atoms with Crippen molar-refractivity contribution in [2.24, 2.45) is 5.14 Å². The van der Waals surface area contributed by atoms with Crippen LogP contribution in [-0.4, -0.2) is 20.5 Å². The first-order valence-corrected chi connectivity index (χ1v) is 8.32. The summed E-state index contributed by atoms with van der Waals surface area (Å²) in [5.41, 5.74) is -0.0879. The fourth-order valence-corrected chi connectivity index (χ4v) is 3.58. The molecule has 0 amide bonds. The molecule has 0 spiro atoms. The predicted octanol–water partition coefficient (Wildman–Crippen LogP) is 2.74. The molecule has 2 rings (SSSR count). The summed E-state index contributed by atoms with van der Waals surface area (Å²) in [5, 5.41) is 4.82. The SMILES string of the molecule is NS(=O)(=O)c1cc(Cl)cc(C(=O)OC2CCCC2)c1Cl. The third kappa shape index (κ3) is 3.44. The van der Waals surface area contributed by atoms with E-state index in [9.17, 15) is 13.2 Å². The van der Waals surface area contributed by atoms with Crippen molar-refractivity contribution in [1.29, 1.82) is 0 Å². The lowest BCUT2D eigenvalue weighted by molar-refractivity contribution is 0.0318. The van der Waals surface area contributed by atoms with Crippen molar-refractivity contribution in [2.45, 2.75) is 36.7 Å². The maximum absolute atomic E-state index is 12.1. The number of rotatable bonds is 3. The number of ether oxygens (including phenoxy) is 1. The maximum atomic E-state index is 12.1. The van der Waals surface area contributed by atoms with E-state index >= 15 is 0 Å². The van der Waals surface area contributed by atoms with Crippen molar-refractivity contribution in [1.82, 2.24) is 0 Å². The van der Waals surface area contributed by atoms with Crippen LogP contribution >= 0.6 is 23.2 Å². The van der Waals surface area contributed by atoms with Crippen molar-refractivity contribution in [3.63, 3.8) is 0 Å². The quantitative estimate of drug-likeness (QED) is 0.859. The van der Waals surface area contributed by atoms with Crippen LogP contribution in [0.5, 0.6) is 0 Å². The Morgan fingerprint density at radius 3 is 2.40 bits per heavy atom. The maximum Gasteiger partial charge on any atom is 0.340 e. The van der Waals surface area contributed by atoms with E-state index < -0.39 is 16.0 Å². The first kappa shape index (κ1) is 15.6. The molecule has 5 nitrogen and oxygen atoms in total. The molecule has 0 bridgehead atoms. The minimum Gasteiger partial charge on any atom is -0.459 e. The van der Waals surface area contributed by atoms with E-state index in [0.29, 0.717) is 0 Å². The van der Waals surface area contributed by atoms with Crippen LogP contribution in [-0.2, 0) is 14.8 Å². The smallest absolute Gasteiger partial charge is 0.340 e. The summed E-state index contributed by atoms with van der Waals surface area (Å²) in [7, 11) is -4.06. The molecule has 1 aliphatic carbocycles. The standard InChI is InChI=1S/C12H13Cl2NO4S/c13-7-5-9(11(14)10(6-7)20(15,17)18)12(16)19-8-3-1-2-4-8/h5-6,8H,1-4H2,(H2,15,17,18). The molecule has 20 heavy (non-hydrogen) atoms. The van der Waals surface area contributed by atoms with Crippen LogP contribution in [0.25, 0.3) is 0 Å². The number of nitrogens with two attached hydrogens (primary N) is 1. The van der Waals surface area contributed by atoms with Crippen molar-refractivity contribution >= 4 is 39.2 Å². The summed E-state index contributed by atoms with van der Waals surface area (Å²) in [6.45, 7) is 0. The van der Waals surface area contributed by atoms with Gasteiger partial charge >= 0.3 is 5.97 Å². The van der Waals surface area contributed by atoms with E-state index in [-0.39, 0.29) is 26.6 Å². The molecule has 0 radical (unpaired) electrons. The first-order chi connectivity index (χ1) is 9.29. The largest absolute Gasteiger partial charge is 0.459 e. The number of sulfonamides is 1. The van der Waals surface area contributed by atoms with Crippen LogP contribution in [0.1, 0.15) is 36.0 Å². The molecule has 0 unspecified atom stereocenters. The van der Waals surface area contributed by atoms with Gasteiger partial charge in [-0.25, -0.2) is 18.4 Å². The number of primary sulfonamides is 1. The highest BCUT2D eigenvalue weighted by atomic mass is 35.5. The summed E-state index contributed by atoms with van der Waals surface area (Å²) >= 11 is 11.7. The highest BCUT2D eigenvalue weighted by Gasteiger charge is 2.25. The van der Waals surface area contributed by atoms with Crippen molar-refractivity contribution in [3.8, 4) is 0 Å². The van der Waals surface area contributed by atoms with E-state index in [1.54, 1.807) is 0 Å². The molecule has 0 saturated heterocycles. The Hall–Kier alpha value is -0.820. The molecule has 1 aliphatic rings. The van der Waals surface area contributed by atoms with E-state index in [4.69, 9.17) is 33.1 Å². The van der Waals surface area contributed by atoms with Gasteiger partial charge in [-0.05, 0) is 37.8 Å². The number of carbonyl (C=O) groups excluding carboxylic acids is 1. The van der Waals surface area contributed by atoms with Gasteiger partial charge in [-0.3, -0.25) is 0 Å². The highest BCUT2D eigenvalue weighted by Crippen LogP contribution is 2.30. The van der Waals surface area contributed by atoms with Gasteiger partial charge < -0.3 is 4.74 Å². The molecule has 8 heteroatoms. The molecular formula is C12H13Cl2NO4S. The number of benzene rings is 1. The van der Waals surface area contributed by atoms with Crippen LogP contribution in [0.4, 0.5) is 0 Å². The normalized spacial score (nSPS) is 16.4. The molecule has 2 N–H and O–H groups in total. The van der Waals surface area contributed by atoms with Crippen LogP contribution in [0.15, 0.2) is 17.0 Å². The summed E-state index contributed by atoms with van der Waals surface area (Å²) < 4.78 is 28.1. The zero-order valence-corrected chi connectivity index (χ0v) is 12.8. The van der Waals surface area contributed by atoms with Gasteiger partial charge in [-0.2, -0.15) is 0 Å². The summed E-state index contributed by atoms with van der Waals surface area (Å²) in [6.07, 6.45) is 3.45. The third-order valence-electron chi connectivity index (χ3n) is 3.11. The van der Waals surface area contributed by atoms with Crippen LogP contribution in [0, 0.1) is 0 Å². The van der Waals surface area contributed by atoms with Crippen LogP contribution < -0.4 is 5.14 Å². The Balaban J connectivity index is 2.36. The molecule has 1 aromatic carbocycles. The Bertz CT molecular complexity index is 639. The van der Waals surface area contributed by atoms with Crippen LogP contribution in [0.3, 0.4) is 0 Å². The lowest BCUT2D eigenvalue weighted by Crippen LogP contribution is -2.18. The van der Waals surface area contributed by atoms with E-state index in [1.165, 1.54) is 6.07 Å². The van der Waals surface area contributed by atoms with E-state index in [2.05, 4.69) is 0 Å². The Morgan fingerprint density at radius 2 is 1.85 bits per heavy atom. The highest BCUT2D eigenvalue weighted by molar-refractivity contribution is 7.89. The molecule has 0 heterocycles. The Kier molecular flexibility index (Phi) is 4.59. The topological polar surface area (TPSA) is 86.5 Å². The Morgan fingerprint density at radius 1 is 1.25 bits per heavy atom. The second-order valence-electron chi connectivity index (χ2n) is 4.62. The third-order valence-corrected chi connectivity index (χ3v) is 4.78. The van der Waals surface area contributed by atoms with Gasteiger partial charge in [0.15, 0.2) is 0 Å². The molecule has 1 saturated carbocycles. The molecule has 110 valence electrons. The van der Waals surface area contributed by atoms with Gasteiger partial charge in [0.05, 0.1) is 10.6 Å².